The molecule has 4 heteroatoms. The van der Waals surface area contributed by atoms with Crippen molar-refractivity contribution in [3.8, 4) is 0 Å². The Morgan fingerprint density at radius 1 is 1.16 bits per heavy atom. The molecule has 32 heavy (non-hydrogen) atoms. The third-order valence-corrected chi connectivity index (χ3v) is 10.7. The molecule has 0 amide bonds. The van der Waals surface area contributed by atoms with Crippen molar-refractivity contribution in [3.05, 3.63) is 65.3 Å². The zero-order valence-electron chi connectivity index (χ0n) is 19.2. The number of allylic oxidation sites excluding steroid dienone is 4. The van der Waals surface area contributed by atoms with Crippen molar-refractivity contribution in [1.82, 2.24) is 0 Å². The van der Waals surface area contributed by atoms with Gasteiger partial charge in [0.05, 0.1) is 0 Å². The Labute approximate surface area is 191 Å². The van der Waals surface area contributed by atoms with Crippen molar-refractivity contribution in [2.45, 2.75) is 68.5 Å². The summed E-state index contributed by atoms with van der Waals surface area (Å²) in [7, 11) is -2.27. The van der Waals surface area contributed by atoms with Gasteiger partial charge in [0.25, 0.3) is 0 Å². The molecule has 0 radical (unpaired) electrons. The zero-order chi connectivity index (χ0) is 22.3. The van der Waals surface area contributed by atoms with Gasteiger partial charge in [0.1, 0.15) is 18.3 Å². The molecule has 1 saturated heterocycles. The highest BCUT2D eigenvalue weighted by molar-refractivity contribution is 7.70. The number of fused-ring (bicyclic) bond motifs is 3. The van der Waals surface area contributed by atoms with E-state index in [1.165, 1.54) is 23.1 Å². The van der Waals surface area contributed by atoms with E-state index >= 15 is 0 Å². The number of rotatable bonds is 4. The van der Waals surface area contributed by atoms with Crippen molar-refractivity contribution in [2.75, 3.05) is 13.3 Å². The molecule has 1 spiro atoms. The fourth-order valence-electron chi connectivity index (χ4n) is 7.74. The quantitative estimate of drug-likeness (QED) is 0.327. The molecule has 0 bridgehead atoms. The summed E-state index contributed by atoms with van der Waals surface area (Å²) >= 11 is 0. The highest BCUT2D eigenvalue weighted by Crippen LogP contribution is 2.74. The predicted molar refractivity (Wildman–Crippen MR) is 129 cm³/mol. The Morgan fingerprint density at radius 2 is 1.94 bits per heavy atom. The highest BCUT2D eigenvalue weighted by atomic mass is 31.2. The van der Waals surface area contributed by atoms with Crippen molar-refractivity contribution in [2.24, 2.45) is 11.8 Å². The summed E-state index contributed by atoms with van der Waals surface area (Å²) in [6.07, 6.45) is 12.0. The van der Waals surface area contributed by atoms with Crippen LogP contribution in [0.2, 0.25) is 0 Å². The standard InChI is InChI=1S/C28H33O3P/c1-4-14-27-15-13-25-23-11-7-19-16-20(29)8-12-22(19)26(23)24(17-28(25,27)31-27)18-5-9-21(10-6-18)32(2,3)30/h4-6,9-10,16,23-25H,1,7-8,11-15,17H2,2-3H3/t23-,24+,25-,27-,28+/m0/s1. The van der Waals surface area contributed by atoms with Crippen molar-refractivity contribution in [3.63, 3.8) is 0 Å². The van der Waals surface area contributed by atoms with E-state index in [4.69, 9.17) is 4.74 Å². The molecule has 3 fully saturated rings. The number of benzene rings is 1. The van der Waals surface area contributed by atoms with E-state index in [9.17, 15) is 9.36 Å². The van der Waals surface area contributed by atoms with Gasteiger partial charge in [-0.2, -0.15) is 0 Å². The maximum Gasteiger partial charge on any atom is 0.156 e. The predicted octanol–water partition coefficient (Wildman–Crippen LogP) is 5.91. The molecule has 0 N–H and O–H groups in total. The van der Waals surface area contributed by atoms with Crippen LogP contribution in [0.1, 0.15) is 62.8 Å². The molecule has 4 aliphatic carbocycles. The van der Waals surface area contributed by atoms with Gasteiger partial charge < -0.3 is 9.30 Å². The minimum absolute atomic E-state index is 0.00497. The van der Waals surface area contributed by atoms with Gasteiger partial charge >= 0.3 is 0 Å². The third kappa shape index (κ3) is 2.83. The first-order valence-corrected chi connectivity index (χ1v) is 14.8. The fourth-order valence-corrected chi connectivity index (χ4v) is 8.61. The molecular weight excluding hydrogens is 415 g/mol. The van der Waals surface area contributed by atoms with E-state index in [1.807, 2.05) is 25.5 Å². The molecule has 1 aliphatic heterocycles. The fraction of sp³-hybridized carbons (Fsp3) is 0.536. The van der Waals surface area contributed by atoms with E-state index < -0.39 is 7.14 Å². The molecule has 5 aliphatic rings. The van der Waals surface area contributed by atoms with E-state index in [-0.39, 0.29) is 17.0 Å². The molecular formula is C28H33O3P. The summed E-state index contributed by atoms with van der Waals surface area (Å²) in [6.45, 7) is 7.70. The number of epoxide rings is 1. The number of ketones is 1. The maximum absolute atomic E-state index is 12.6. The molecule has 2 saturated carbocycles. The van der Waals surface area contributed by atoms with Crippen LogP contribution in [0.15, 0.2) is 59.7 Å². The van der Waals surface area contributed by atoms with Crippen LogP contribution in [-0.2, 0) is 14.1 Å². The van der Waals surface area contributed by atoms with Crippen molar-refractivity contribution < 1.29 is 14.1 Å². The molecule has 1 aromatic carbocycles. The van der Waals surface area contributed by atoms with Gasteiger partial charge in [0, 0.05) is 17.6 Å². The zero-order valence-corrected chi connectivity index (χ0v) is 20.1. The summed E-state index contributed by atoms with van der Waals surface area (Å²) in [5, 5.41) is 0.944. The average molecular weight is 449 g/mol. The molecule has 3 nitrogen and oxygen atoms in total. The SMILES string of the molecule is C=CC[C@]12CC[C@H]3[C@@H]4CCC5=CC(=O)CCC5=C4[C@@H](c4ccc(P(C)(C)=O)cc4)C[C@@]31O2. The second-order valence-corrected chi connectivity index (χ2v) is 14.3. The van der Waals surface area contributed by atoms with Crippen molar-refractivity contribution in [1.29, 1.82) is 0 Å². The molecule has 1 heterocycles. The topological polar surface area (TPSA) is 46.7 Å². The van der Waals surface area contributed by atoms with Gasteiger partial charge in [0.15, 0.2) is 5.78 Å². The Balaban J connectivity index is 1.48. The maximum atomic E-state index is 12.6. The summed E-state index contributed by atoms with van der Waals surface area (Å²) in [5.41, 5.74) is 5.66. The van der Waals surface area contributed by atoms with Crippen LogP contribution in [0.3, 0.4) is 0 Å². The van der Waals surface area contributed by atoms with Gasteiger partial charge in [-0.25, -0.2) is 0 Å². The van der Waals surface area contributed by atoms with Gasteiger partial charge in [-0.15, -0.1) is 6.58 Å². The minimum Gasteiger partial charge on any atom is -0.362 e. The Morgan fingerprint density at radius 3 is 2.66 bits per heavy atom. The van der Waals surface area contributed by atoms with Crippen LogP contribution in [0, 0.1) is 11.8 Å². The van der Waals surface area contributed by atoms with Crippen LogP contribution in [0.5, 0.6) is 0 Å². The smallest absolute Gasteiger partial charge is 0.156 e. The summed E-state index contributed by atoms with van der Waals surface area (Å²) in [4.78, 5) is 12.2. The van der Waals surface area contributed by atoms with Gasteiger partial charge in [-0.05, 0) is 92.9 Å². The van der Waals surface area contributed by atoms with Crippen LogP contribution >= 0.6 is 7.14 Å². The van der Waals surface area contributed by atoms with Crippen LogP contribution in [-0.4, -0.2) is 30.3 Å². The lowest BCUT2D eigenvalue weighted by Gasteiger charge is -2.46. The van der Waals surface area contributed by atoms with E-state index in [0.717, 1.165) is 43.8 Å². The van der Waals surface area contributed by atoms with E-state index in [0.29, 0.717) is 24.2 Å². The lowest BCUT2D eigenvalue weighted by Crippen LogP contribution is -2.42. The Bertz CT molecular complexity index is 1120. The molecule has 1 aromatic rings. The second-order valence-electron chi connectivity index (χ2n) is 11.0. The van der Waals surface area contributed by atoms with Crippen LogP contribution in [0.4, 0.5) is 0 Å². The number of hydrogen-bond acceptors (Lipinski definition) is 3. The second kappa shape index (κ2) is 6.90. The Hall–Kier alpha value is -1.70. The molecule has 0 unspecified atom stereocenters. The molecule has 0 aromatic heterocycles. The first-order valence-electron chi connectivity index (χ1n) is 12.2. The lowest BCUT2D eigenvalue weighted by molar-refractivity contribution is -0.114. The minimum atomic E-state index is -2.27. The Kier molecular flexibility index (Phi) is 4.50. The largest absolute Gasteiger partial charge is 0.362 e. The van der Waals surface area contributed by atoms with E-state index in [1.54, 1.807) is 5.57 Å². The average Bonchev–Trinajstić information content (AvgIpc) is 3.26. The first kappa shape index (κ1) is 20.9. The first-order chi connectivity index (χ1) is 15.3. The number of carbonyl (C=O) groups is 1. The normalized spacial score (nSPS) is 37.8. The molecule has 5 atom stereocenters. The monoisotopic (exact) mass is 448 g/mol. The van der Waals surface area contributed by atoms with Crippen LogP contribution in [0.25, 0.3) is 0 Å². The number of ether oxygens (including phenoxy) is 1. The highest BCUT2D eigenvalue weighted by Gasteiger charge is 2.78. The van der Waals surface area contributed by atoms with Gasteiger partial charge in [-0.1, -0.05) is 35.9 Å². The van der Waals surface area contributed by atoms with Gasteiger partial charge in [-0.3, -0.25) is 4.79 Å². The molecule has 168 valence electrons. The third-order valence-electron chi connectivity index (χ3n) is 9.14. The summed E-state index contributed by atoms with van der Waals surface area (Å²) < 4.78 is 19.3. The number of carbonyl (C=O) groups excluding carboxylic acids is 1. The van der Waals surface area contributed by atoms with Crippen molar-refractivity contribution >= 4 is 18.2 Å². The summed E-state index contributed by atoms with van der Waals surface area (Å²) in [6, 6.07) is 8.56. The summed E-state index contributed by atoms with van der Waals surface area (Å²) in [5.74, 6) is 1.74. The van der Waals surface area contributed by atoms with Gasteiger partial charge in [0.2, 0.25) is 0 Å². The van der Waals surface area contributed by atoms with Crippen LogP contribution < -0.4 is 5.30 Å². The number of hydrogen-bond donors (Lipinski definition) is 0. The molecule has 6 rings (SSSR count). The lowest BCUT2D eigenvalue weighted by atomic mass is 9.57. The van der Waals surface area contributed by atoms with E-state index in [2.05, 4.69) is 30.8 Å².